The fraction of sp³-hybridized carbons (Fsp3) is 0.600. The van der Waals surface area contributed by atoms with E-state index in [9.17, 15) is 19.8 Å². The van der Waals surface area contributed by atoms with Gasteiger partial charge in [-0.1, -0.05) is 27.7 Å². The molecule has 0 atom stereocenters. The summed E-state index contributed by atoms with van der Waals surface area (Å²) in [6.45, 7) is 6.43. The molecule has 6 heteroatoms. The summed E-state index contributed by atoms with van der Waals surface area (Å²) in [7, 11) is 0. The van der Waals surface area contributed by atoms with Crippen LogP contribution >= 0.6 is 0 Å². The molecule has 0 saturated heterocycles. The molecule has 0 aliphatic heterocycles. The Labute approximate surface area is 140 Å². The normalized spacial score (nSPS) is 11.4. The molecule has 4 nitrogen and oxygen atoms in total. The zero-order valence-electron chi connectivity index (χ0n) is 10.8. The predicted octanol–water partition coefficient (Wildman–Crippen LogP) is -6.90. The second-order valence-electron chi connectivity index (χ2n) is 3.71. The van der Waals surface area contributed by atoms with Crippen LogP contribution < -0.4 is 69.3 Å². The fourth-order valence-electron chi connectivity index (χ4n) is 1.31. The minimum absolute atomic E-state index is 0. The maximum absolute atomic E-state index is 10.7. The van der Waals surface area contributed by atoms with Gasteiger partial charge in [0, 0.05) is 0 Å². The van der Waals surface area contributed by atoms with Crippen molar-refractivity contribution >= 4 is 11.9 Å². The number of carbonyl (C=O) groups excluding carboxylic acids is 2. The summed E-state index contributed by atoms with van der Waals surface area (Å²) in [6, 6.07) is 0. The first-order chi connectivity index (χ1) is 6.29. The van der Waals surface area contributed by atoms with E-state index < -0.39 is 23.8 Å². The van der Waals surface area contributed by atoms with Crippen LogP contribution in [0.2, 0.25) is 0 Å². The van der Waals surface area contributed by atoms with E-state index in [1.807, 2.05) is 0 Å². The Morgan fingerprint density at radius 1 is 0.750 bits per heavy atom. The molecule has 80 valence electrons. The minimum Gasteiger partial charge on any atom is -0.545 e. The Kier molecular flexibility index (Phi) is 13.3. The molecule has 0 fully saturated rings. The van der Waals surface area contributed by atoms with Crippen molar-refractivity contribution in [3.05, 3.63) is 11.1 Å². The fourth-order valence-corrected chi connectivity index (χ4v) is 1.31. The van der Waals surface area contributed by atoms with Crippen LogP contribution in [0.1, 0.15) is 27.7 Å². The van der Waals surface area contributed by atoms with Crippen molar-refractivity contribution in [1.82, 2.24) is 0 Å². The number of rotatable bonds is 4. The minimum atomic E-state index is -1.44. The van der Waals surface area contributed by atoms with E-state index in [-0.39, 0.29) is 70.3 Å². The molecule has 0 radical (unpaired) electrons. The molecular formula is C10H14Na2O4. The van der Waals surface area contributed by atoms with Gasteiger partial charge in [0.25, 0.3) is 0 Å². The molecule has 0 aliphatic rings. The maximum Gasteiger partial charge on any atom is 1.00 e. The molecule has 0 aromatic rings. The van der Waals surface area contributed by atoms with Gasteiger partial charge in [0.05, 0.1) is 11.9 Å². The largest absolute Gasteiger partial charge is 1.00 e. The van der Waals surface area contributed by atoms with Crippen molar-refractivity contribution in [2.24, 2.45) is 11.8 Å². The Bertz CT molecular complexity index is 255. The van der Waals surface area contributed by atoms with Gasteiger partial charge in [-0.2, -0.15) is 0 Å². The molecular weight excluding hydrogens is 230 g/mol. The molecule has 0 heterocycles. The Morgan fingerprint density at radius 3 is 1.00 bits per heavy atom. The topological polar surface area (TPSA) is 80.3 Å². The van der Waals surface area contributed by atoms with E-state index in [0.717, 1.165) is 0 Å². The third kappa shape index (κ3) is 6.42. The summed E-state index contributed by atoms with van der Waals surface area (Å²) in [4.78, 5) is 21.5. The van der Waals surface area contributed by atoms with Gasteiger partial charge in [0.2, 0.25) is 0 Å². The number of carboxylic acid groups (broad SMARTS) is 2. The standard InChI is InChI=1S/C10H16O4.2Na/c1-5(2)7(9(11)12)8(6(3)4)10(13)14;;/h5-6H,1-4H3,(H,11,12)(H,13,14);;/q;2*+1/p-2/b8-7-;;. The first-order valence-electron chi connectivity index (χ1n) is 4.45. The van der Waals surface area contributed by atoms with Crippen molar-refractivity contribution in [2.45, 2.75) is 27.7 Å². The van der Waals surface area contributed by atoms with Crippen LogP contribution in [0, 0.1) is 11.8 Å². The van der Waals surface area contributed by atoms with E-state index in [4.69, 9.17) is 0 Å². The Morgan fingerprint density at radius 2 is 0.938 bits per heavy atom. The second kappa shape index (κ2) is 9.68. The average Bonchev–Trinajstić information content (AvgIpc) is 1.96. The predicted molar refractivity (Wildman–Crippen MR) is 46.7 cm³/mol. The number of carbonyl (C=O) groups is 2. The molecule has 0 saturated carbocycles. The zero-order chi connectivity index (χ0) is 11.5. The van der Waals surface area contributed by atoms with Crippen molar-refractivity contribution < 1.29 is 78.9 Å². The SMILES string of the molecule is CC(C)/C(C(=O)[O-])=C(/C(=O)[O-])C(C)C.[Na+].[Na+]. The van der Waals surface area contributed by atoms with Crippen molar-refractivity contribution in [2.75, 3.05) is 0 Å². The first kappa shape index (κ1) is 21.9. The molecule has 0 aromatic carbocycles. The molecule has 16 heavy (non-hydrogen) atoms. The molecule has 0 bridgehead atoms. The Balaban J connectivity index is -0.000000845. The summed E-state index contributed by atoms with van der Waals surface area (Å²) < 4.78 is 0. The number of hydrogen-bond acceptors (Lipinski definition) is 4. The summed E-state index contributed by atoms with van der Waals surface area (Å²) in [5.41, 5.74) is -0.361. The van der Waals surface area contributed by atoms with E-state index in [1.165, 1.54) is 0 Å². The summed E-state index contributed by atoms with van der Waals surface area (Å²) in [6.07, 6.45) is 0. The van der Waals surface area contributed by atoms with Crippen LogP contribution in [-0.4, -0.2) is 11.9 Å². The number of carboxylic acids is 2. The zero-order valence-corrected chi connectivity index (χ0v) is 14.8. The van der Waals surface area contributed by atoms with Crippen LogP contribution in [0.4, 0.5) is 0 Å². The third-order valence-electron chi connectivity index (χ3n) is 1.88. The Hall–Kier alpha value is 0.680. The monoisotopic (exact) mass is 244 g/mol. The van der Waals surface area contributed by atoms with Crippen molar-refractivity contribution in [3.63, 3.8) is 0 Å². The van der Waals surface area contributed by atoms with E-state index >= 15 is 0 Å². The van der Waals surface area contributed by atoms with Gasteiger partial charge in [0.1, 0.15) is 0 Å². The van der Waals surface area contributed by atoms with Gasteiger partial charge >= 0.3 is 59.1 Å². The smallest absolute Gasteiger partial charge is 0.545 e. The van der Waals surface area contributed by atoms with E-state index in [2.05, 4.69) is 0 Å². The van der Waals surface area contributed by atoms with Crippen LogP contribution in [-0.2, 0) is 9.59 Å². The molecule has 0 rings (SSSR count). The number of hydrogen-bond donors (Lipinski definition) is 0. The number of aliphatic carboxylic acids is 2. The van der Waals surface area contributed by atoms with Gasteiger partial charge in [-0.05, 0) is 23.0 Å². The van der Waals surface area contributed by atoms with E-state index in [0.29, 0.717) is 0 Å². The van der Waals surface area contributed by atoms with Crippen LogP contribution in [0.5, 0.6) is 0 Å². The van der Waals surface area contributed by atoms with Crippen molar-refractivity contribution in [1.29, 1.82) is 0 Å². The molecule has 0 aliphatic carbocycles. The van der Waals surface area contributed by atoms with Gasteiger partial charge in [-0.25, -0.2) is 0 Å². The van der Waals surface area contributed by atoms with Crippen LogP contribution in [0.25, 0.3) is 0 Å². The van der Waals surface area contributed by atoms with Crippen LogP contribution in [0.3, 0.4) is 0 Å². The van der Waals surface area contributed by atoms with Gasteiger partial charge in [-0.3, -0.25) is 0 Å². The molecule has 0 spiro atoms. The summed E-state index contributed by atoms with van der Waals surface area (Å²) in [5.74, 6) is -3.66. The molecule has 0 aromatic heterocycles. The average molecular weight is 244 g/mol. The van der Waals surface area contributed by atoms with Gasteiger partial charge in [0.15, 0.2) is 0 Å². The molecule has 0 amide bonds. The quantitative estimate of drug-likeness (QED) is 0.363. The first-order valence-corrected chi connectivity index (χ1v) is 4.45. The van der Waals surface area contributed by atoms with Gasteiger partial charge < -0.3 is 19.8 Å². The summed E-state index contributed by atoms with van der Waals surface area (Å²) >= 11 is 0. The van der Waals surface area contributed by atoms with E-state index in [1.54, 1.807) is 27.7 Å². The molecule has 0 N–H and O–H groups in total. The van der Waals surface area contributed by atoms with Crippen molar-refractivity contribution in [3.8, 4) is 0 Å². The van der Waals surface area contributed by atoms with Crippen LogP contribution in [0.15, 0.2) is 11.1 Å². The van der Waals surface area contributed by atoms with Gasteiger partial charge in [-0.15, -0.1) is 0 Å². The second-order valence-corrected chi connectivity index (χ2v) is 3.71. The maximum atomic E-state index is 10.7. The summed E-state index contributed by atoms with van der Waals surface area (Å²) in [5, 5.41) is 21.5. The molecule has 0 unspecified atom stereocenters. The third-order valence-corrected chi connectivity index (χ3v) is 1.88.